The average molecular weight is 378 g/mol. The highest BCUT2D eigenvalue weighted by Gasteiger charge is 2.31. The number of rotatable bonds is 5. The Hall–Kier alpha value is -1.18. The van der Waals surface area contributed by atoms with Gasteiger partial charge in [-0.15, -0.1) is 4.33 Å². The minimum atomic E-state index is -1.99. The van der Waals surface area contributed by atoms with E-state index >= 15 is 0 Å². The summed E-state index contributed by atoms with van der Waals surface area (Å²) >= 11 is -0.355. The van der Waals surface area contributed by atoms with E-state index < -0.39 is 55.5 Å². The van der Waals surface area contributed by atoms with E-state index in [0.717, 1.165) is 7.11 Å². The fraction of sp³-hybridized carbons (Fsp3) is 0.0909. The molecule has 4 nitrogen and oxygen atoms in total. The molecule has 0 fully saturated rings. The maximum atomic E-state index is 14.1. The van der Waals surface area contributed by atoms with Crippen LogP contribution in [-0.2, 0) is 13.6 Å². The molecule has 0 amide bonds. The Kier molecular flexibility index (Phi) is 5.65. The lowest BCUT2D eigenvalue weighted by molar-refractivity contribution is -0.432. The van der Waals surface area contributed by atoms with E-state index in [1.165, 1.54) is 0 Å². The van der Waals surface area contributed by atoms with Gasteiger partial charge < -0.3 is 4.18 Å². The molecule has 0 saturated heterocycles. The summed E-state index contributed by atoms with van der Waals surface area (Å²) in [4.78, 5) is -2.42. The van der Waals surface area contributed by atoms with Crippen molar-refractivity contribution in [3.63, 3.8) is 0 Å². The number of fused-ring (bicyclic) bond motifs is 1. The second-order valence-corrected chi connectivity index (χ2v) is 5.39. The summed E-state index contributed by atoms with van der Waals surface area (Å²) in [5.74, 6) is -11.3. The molecule has 0 unspecified atom stereocenters. The molecule has 23 heavy (non-hydrogen) atoms. The third-order valence-corrected chi connectivity index (χ3v) is 3.97. The van der Waals surface area contributed by atoms with Crippen LogP contribution in [0.15, 0.2) is 9.79 Å². The van der Waals surface area contributed by atoms with Gasteiger partial charge in [-0.2, -0.15) is 0 Å². The Morgan fingerprint density at radius 2 is 1.13 bits per heavy atom. The normalized spacial score (nSPS) is 11.5. The van der Waals surface area contributed by atoms with E-state index in [2.05, 4.69) is 13.6 Å². The van der Waals surface area contributed by atoms with Crippen LogP contribution >= 0.6 is 24.1 Å². The predicted octanol–water partition coefficient (Wildman–Crippen LogP) is 4.76. The van der Waals surface area contributed by atoms with Crippen LogP contribution in [0.2, 0.25) is 0 Å². The van der Waals surface area contributed by atoms with Gasteiger partial charge in [0, 0.05) is 12.0 Å². The second-order valence-electron chi connectivity index (χ2n) is 3.77. The lowest BCUT2D eigenvalue weighted by Gasteiger charge is -2.12. The Morgan fingerprint density at radius 1 is 0.696 bits per heavy atom. The molecule has 1 N–H and O–H groups in total. The van der Waals surface area contributed by atoms with Crippen molar-refractivity contribution >= 4 is 34.9 Å². The molecule has 0 heterocycles. The molecule has 0 aromatic heterocycles. The zero-order valence-electron chi connectivity index (χ0n) is 10.8. The summed E-state index contributed by atoms with van der Waals surface area (Å²) in [6.07, 6.45) is 0. The SMILES string of the molecule is COSc1c(F)c(F)c2c(F)c(SOOO)c(F)c(F)c2c1F. The summed E-state index contributed by atoms with van der Waals surface area (Å²) in [5, 5.41) is 8.11. The fourth-order valence-corrected chi connectivity index (χ4v) is 2.69. The molecule has 0 aliphatic carbocycles. The van der Waals surface area contributed by atoms with E-state index in [1.807, 2.05) is 0 Å². The van der Waals surface area contributed by atoms with Crippen molar-refractivity contribution in [3.8, 4) is 0 Å². The topological polar surface area (TPSA) is 47.9 Å². The first kappa shape index (κ1) is 18.2. The Balaban J connectivity index is 2.92. The van der Waals surface area contributed by atoms with Gasteiger partial charge in [-0.05, 0) is 0 Å². The highest BCUT2D eigenvalue weighted by atomic mass is 32.2. The van der Waals surface area contributed by atoms with Crippen LogP contribution in [0.1, 0.15) is 0 Å². The molecule has 0 radical (unpaired) electrons. The first-order valence-electron chi connectivity index (χ1n) is 5.38. The highest BCUT2D eigenvalue weighted by Crippen LogP contribution is 2.40. The van der Waals surface area contributed by atoms with Crippen LogP contribution in [0.5, 0.6) is 0 Å². The maximum absolute atomic E-state index is 14.1. The first-order valence-corrected chi connectivity index (χ1v) is 6.87. The van der Waals surface area contributed by atoms with Gasteiger partial charge >= 0.3 is 0 Å². The molecule has 2 aromatic carbocycles. The van der Waals surface area contributed by atoms with Gasteiger partial charge in [-0.1, -0.05) is 5.04 Å². The van der Waals surface area contributed by atoms with Crippen molar-refractivity contribution in [2.45, 2.75) is 9.79 Å². The van der Waals surface area contributed by atoms with Gasteiger partial charge in [0.15, 0.2) is 34.9 Å². The quantitative estimate of drug-likeness (QED) is 0.266. The monoisotopic (exact) mass is 378 g/mol. The molecule has 0 aliphatic heterocycles. The Labute approximate surface area is 132 Å². The Morgan fingerprint density at radius 3 is 1.52 bits per heavy atom. The van der Waals surface area contributed by atoms with E-state index in [-0.39, 0.29) is 24.1 Å². The summed E-state index contributed by atoms with van der Waals surface area (Å²) in [7, 11) is 0.995. The van der Waals surface area contributed by atoms with Gasteiger partial charge in [-0.3, -0.25) is 0 Å². The van der Waals surface area contributed by atoms with E-state index in [0.29, 0.717) is 0 Å². The van der Waals surface area contributed by atoms with Crippen molar-refractivity contribution in [2.24, 2.45) is 0 Å². The van der Waals surface area contributed by atoms with Crippen molar-refractivity contribution in [1.82, 2.24) is 0 Å². The van der Waals surface area contributed by atoms with Gasteiger partial charge in [-0.25, -0.2) is 31.6 Å². The van der Waals surface area contributed by atoms with Gasteiger partial charge in [0.2, 0.25) is 0 Å². The first-order chi connectivity index (χ1) is 10.9. The molecule has 0 bridgehead atoms. The summed E-state index contributed by atoms with van der Waals surface area (Å²) < 4.78 is 91.8. The smallest absolute Gasteiger partial charge is 0.178 e. The molecule has 126 valence electrons. The number of hydrogen-bond donors (Lipinski definition) is 1. The van der Waals surface area contributed by atoms with Crippen LogP contribution in [0.4, 0.5) is 26.3 Å². The summed E-state index contributed by atoms with van der Waals surface area (Å²) in [6, 6.07) is 0. The van der Waals surface area contributed by atoms with E-state index in [9.17, 15) is 26.3 Å². The van der Waals surface area contributed by atoms with Gasteiger partial charge in [0.1, 0.15) is 9.79 Å². The second kappa shape index (κ2) is 7.15. The zero-order chi connectivity index (χ0) is 17.3. The van der Waals surface area contributed by atoms with Crippen molar-refractivity contribution in [2.75, 3.05) is 7.11 Å². The van der Waals surface area contributed by atoms with Crippen molar-refractivity contribution in [3.05, 3.63) is 34.9 Å². The van der Waals surface area contributed by atoms with Crippen LogP contribution < -0.4 is 0 Å². The fourth-order valence-electron chi connectivity index (χ4n) is 1.75. The Bertz CT molecular complexity index is 773. The highest BCUT2D eigenvalue weighted by molar-refractivity contribution is 7.94. The van der Waals surface area contributed by atoms with Crippen LogP contribution in [0, 0.1) is 34.9 Å². The van der Waals surface area contributed by atoms with E-state index in [1.54, 1.807) is 0 Å². The molecule has 0 aliphatic rings. The lowest BCUT2D eigenvalue weighted by atomic mass is 10.1. The third kappa shape index (κ3) is 2.97. The van der Waals surface area contributed by atoms with Gasteiger partial charge in [0.25, 0.3) is 0 Å². The van der Waals surface area contributed by atoms with Crippen LogP contribution in [0.3, 0.4) is 0 Å². The number of benzene rings is 2. The summed E-state index contributed by atoms with van der Waals surface area (Å²) in [6.45, 7) is 0. The molecular weight excluding hydrogens is 374 g/mol. The standard InChI is InChI=1S/C11H4F6O4S2/c1-19-22-10-6(14)2-3(4(12)8(10)16)7(15)11(23-21-20-18)9(17)5(2)13/h18H,1H3. The molecular formula is C11H4F6O4S2. The van der Waals surface area contributed by atoms with Crippen LogP contribution in [-0.4, -0.2) is 12.4 Å². The molecule has 2 rings (SSSR count). The third-order valence-electron chi connectivity index (χ3n) is 2.63. The zero-order valence-corrected chi connectivity index (χ0v) is 12.4. The van der Waals surface area contributed by atoms with Crippen LogP contribution in [0.25, 0.3) is 10.8 Å². The molecule has 12 heteroatoms. The largest absolute Gasteiger partial charge is 0.313 e. The van der Waals surface area contributed by atoms with Crippen molar-refractivity contribution < 1.29 is 45.2 Å². The molecule has 0 saturated carbocycles. The van der Waals surface area contributed by atoms with Gasteiger partial charge in [0.05, 0.1) is 29.9 Å². The number of hydrogen-bond acceptors (Lipinski definition) is 6. The molecule has 0 atom stereocenters. The molecule has 2 aromatic rings. The lowest BCUT2D eigenvalue weighted by Crippen LogP contribution is -2.05. The predicted molar refractivity (Wildman–Crippen MR) is 67.2 cm³/mol. The van der Waals surface area contributed by atoms with Crippen molar-refractivity contribution in [1.29, 1.82) is 0 Å². The average Bonchev–Trinajstić information content (AvgIpc) is 2.52. The van der Waals surface area contributed by atoms with E-state index in [4.69, 9.17) is 5.26 Å². The summed E-state index contributed by atoms with van der Waals surface area (Å²) in [5.41, 5.74) is 0. The number of halogens is 6. The minimum absolute atomic E-state index is 0.0115. The minimum Gasteiger partial charge on any atom is -0.313 e. The molecule has 0 spiro atoms. The maximum Gasteiger partial charge on any atom is 0.178 e.